The van der Waals surface area contributed by atoms with Crippen LogP contribution in [-0.4, -0.2) is 11.2 Å². The number of allylic oxidation sites excluding steroid dienone is 1. The molecule has 0 bridgehead atoms. The minimum atomic E-state index is 0.622. The Morgan fingerprint density at radius 2 is 1.85 bits per heavy atom. The number of oxazole rings is 1. The fourth-order valence-electron chi connectivity index (χ4n) is 2.61. The summed E-state index contributed by atoms with van der Waals surface area (Å²) >= 11 is 5.75. The van der Waals surface area contributed by atoms with Crippen molar-refractivity contribution in [2.45, 2.75) is 0 Å². The lowest BCUT2D eigenvalue weighted by Gasteiger charge is -1.94. The molecule has 3 aromatic carbocycles. The third kappa shape index (κ3) is 4.54. The third-order valence-corrected chi connectivity index (χ3v) is 5.12. The number of benzene rings is 3. The lowest BCUT2D eigenvalue weighted by Crippen LogP contribution is -1.77. The Balaban J connectivity index is 1.53. The molecule has 1 heterocycles. The Hall–Kier alpha value is -2.25. The van der Waals surface area contributed by atoms with Gasteiger partial charge in [0.25, 0.3) is 0 Å². The highest BCUT2D eigenvalue weighted by Crippen LogP contribution is 2.27. The van der Waals surface area contributed by atoms with Gasteiger partial charge in [0.15, 0.2) is 5.58 Å². The lowest BCUT2D eigenvalue weighted by atomic mass is 10.2. The molecule has 27 heavy (non-hydrogen) atoms. The van der Waals surface area contributed by atoms with Gasteiger partial charge >= 0.3 is 0 Å². The average molecular weight is 529 g/mol. The molecule has 0 atom stereocenters. The van der Waals surface area contributed by atoms with Crippen LogP contribution in [0, 0.1) is 3.57 Å². The molecule has 0 aliphatic heterocycles. The topological polar surface area (TPSA) is 38.4 Å². The van der Waals surface area contributed by atoms with Crippen molar-refractivity contribution in [1.82, 2.24) is 4.98 Å². The first-order chi connectivity index (χ1) is 13.2. The maximum Gasteiger partial charge on any atom is 0.227 e. The Kier molecular flexibility index (Phi) is 5.50. The van der Waals surface area contributed by atoms with Crippen molar-refractivity contribution in [3.63, 3.8) is 0 Å². The quantitative estimate of drug-likeness (QED) is 0.206. The Morgan fingerprint density at radius 3 is 2.67 bits per heavy atom. The molecule has 0 saturated heterocycles. The molecule has 0 aliphatic rings. The van der Waals surface area contributed by atoms with Crippen LogP contribution in [0.4, 0.5) is 5.69 Å². The summed E-state index contributed by atoms with van der Waals surface area (Å²) in [7, 11) is 0. The number of nitrogens with zero attached hydrogens (tertiary/aromatic N) is 2. The highest BCUT2D eigenvalue weighted by molar-refractivity contribution is 14.1. The number of rotatable bonds is 4. The van der Waals surface area contributed by atoms with Crippen molar-refractivity contribution < 1.29 is 4.42 Å². The molecule has 132 valence electrons. The van der Waals surface area contributed by atoms with Crippen molar-refractivity contribution in [3.05, 3.63) is 86.4 Å². The van der Waals surface area contributed by atoms with E-state index in [4.69, 9.17) is 4.42 Å². The van der Waals surface area contributed by atoms with E-state index in [-0.39, 0.29) is 0 Å². The van der Waals surface area contributed by atoms with Crippen LogP contribution in [0.1, 0.15) is 5.56 Å². The molecule has 0 amide bonds. The van der Waals surface area contributed by atoms with Gasteiger partial charge < -0.3 is 4.42 Å². The number of hydrogen-bond acceptors (Lipinski definition) is 3. The van der Waals surface area contributed by atoms with Crippen LogP contribution < -0.4 is 0 Å². The van der Waals surface area contributed by atoms with E-state index < -0.39 is 0 Å². The molecule has 4 aromatic rings. The molecule has 0 aliphatic carbocycles. The molecule has 0 radical (unpaired) electrons. The molecule has 3 nitrogen and oxygen atoms in total. The fourth-order valence-corrected chi connectivity index (χ4v) is 3.38. The summed E-state index contributed by atoms with van der Waals surface area (Å²) in [5.74, 6) is 0.622. The van der Waals surface area contributed by atoms with E-state index in [1.165, 1.54) is 3.57 Å². The largest absolute Gasteiger partial charge is 0.436 e. The molecule has 0 saturated carbocycles. The minimum absolute atomic E-state index is 0.622. The van der Waals surface area contributed by atoms with E-state index in [9.17, 15) is 0 Å². The summed E-state index contributed by atoms with van der Waals surface area (Å²) in [6.45, 7) is 0. The van der Waals surface area contributed by atoms with Crippen molar-refractivity contribution in [1.29, 1.82) is 0 Å². The van der Waals surface area contributed by atoms with E-state index in [1.54, 1.807) is 6.21 Å². The second-order valence-corrected chi connectivity index (χ2v) is 8.03. The monoisotopic (exact) mass is 528 g/mol. The summed E-state index contributed by atoms with van der Waals surface area (Å²) < 4.78 is 8.10. The van der Waals surface area contributed by atoms with E-state index in [1.807, 2.05) is 72.8 Å². The Morgan fingerprint density at radius 1 is 1.00 bits per heavy atom. The molecule has 1 aromatic heterocycles. The van der Waals surface area contributed by atoms with Crippen LogP contribution in [0.25, 0.3) is 28.6 Å². The summed E-state index contributed by atoms with van der Waals surface area (Å²) in [5.41, 5.74) is 4.48. The summed E-state index contributed by atoms with van der Waals surface area (Å²) in [5, 5.41) is 0. The zero-order chi connectivity index (χ0) is 18.6. The van der Waals surface area contributed by atoms with E-state index in [2.05, 4.69) is 54.6 Å². The van der Waals surface area contributed by atoms with Gasteiger partial charge in [-0.3, -0.25) is 4.99 Å². The van der Waals surface area contributed by atoms with Crippen LogP contribution in [0.2, 0.25) is 0 Å². The van der Waals surface area contributed by atoms with Crippen molar-refractivity contribution >= 4 is 67.6 Å². The maximum atomic E-state index is 5.86. The third-order valence-electron chi connectivity index (χ3n) is 3.91. The Labute approximate surface area is 179 Å². The number of aliphatic imine (C=N–C) groups is 1. The average Bonchev–Trinajstić information content (AvgIpc) is 3.09. The molecule has 0 N–H and O–H groups in total. The van der Waals surface area contributed by atoms with Gasteiger partial charge in [-0.05, 0) is 88.8 Å². The van der Waals surface area contributed by atoms with E-state index in [0.29, 0.717) is 5.89 Å². The number of hydrogen-bond donors (Lipinski definition) is 0. The number of halogens is 2. The van der Waals surface area contributed by atoms with Gasteiger partial charge in [-0.1, -0.05) is 34.1 Å². The summed E-state index contributed by atoms with van der Waals surface area (Å²) in [4.78, 5) is 9.07. The highest BCUT2D eigenvalue weighted by Gasteiger charge is 2.08. The molecule has 4 rings (SSSR count). The van der Waals surface area contributed by atoms with Crippen LogP contribution >= 0.6 is 38.5 Å². The van der Waals surface area contributed by atoms with Crippen LogP contribution in [-0.2, 0) is 0 Å². The number of aromatic nitrogens is 1. The molecule has 0 fully saturated rings. The highest BCUT2D eigenvalue weighted by atomic mass is 127. The summed E-state index contributed by atoms with van der Waals surface area (Å²) in [6.07, 6.45) is 5.71. The molecular formula is C22H14BrIN2O. The second-order valence-electron chi connectivity index (χ2n) is 5.87. The van der Waals surface area contributed by atoms with Gasteiger partial charge in [-0.15, -0.1) is 0 Å². The maximum absolute atomic E-state index is 5.86. The van der Waals surface area contributed by atoms with Crippen LogP contribution in [0.3, 0.4) is 0 Å². The van der Waals surface area contributed by atoms with E-state index >= 15 is 0 Å². The minimum Gasteiger partial charge on any atom is -0.436 e. The first-order valence-corrected chi connectivity index (χ1v) is 10.2. The molecular weight excluding hydrogens is 515 g/mol. The van der Waals surface area contributed by atoms with E-state index in [0.717, 1.165) is 32.4 Å². The zero-order valence-electron chi connectivity index (χ0n) is 14.1. The first kappa shape index (κ1) is 18.1. The van der Waals surface area contributed by atoms with Crippen molar-refractivity contribution in [2.24, 2.45) is 4.99 Å². The van der Waals surface area contributed by atoms with Gasteiger partial charge in [-0.2, -0.15) is 0 Å². The fraction of sp³-hybridized carbons (Fsp3) is 0. The van der Waals surface area contributed by atoms with Crippen molar-refractivity contribution in [3.8, 4) is 11.5 Å². The predicted molar refractivity (Wildman–Crippen MR) is 123 cm³/mol. The first-order valence-electron chi connectivity index (χ1n) is 8.30. The lowest BCUT2D eigenvalue weighted by molar-refractivity contribution is 0.620. The standard InChI is InChI=1S/C22H14BrIN2O/c23-17-5-1-3-15(13-17)4-2-12-25-19-10-11-21-20(14-19)26-22(27-21)16-6-8-18(24)9-7-16/h1-14H. The normalized spacial score (nSPS) is 11.8. The second kappa shape index (κ2) is 8.19. The van der Waals surface area contributed by atoms with Gasteiger partial charge in [0.2, 0.25) is 5.89 Å². The predicted octanol–water partition coefficient (Wildman–Crippen LogP) is 7.28. The van der Waals surface area contributed by atoms with Gasteiger partial charge in [0.1, 0.15) is 5.52 Å². The Bertz CT molecular complexity index is 1150. The molecule has 5 heteroatoms. The SMILES string of the molecule is Brc1cccc(C=CC=Nc2ccc3oc(-c4ccc(I)cc4)nc3c2)c1. The molecule has 0 spiro atoms. The smallest absolute Gasteiger partial charge is 0.227 e. The number of fused-ring (bicyclic) bond motifs is 1. The van der Waals surface area contributed by atoms with Crippen LogP contribution in [0.15, 0.2) is 86.7 Å². The van der Waals surface area contributed by atoms with Gasteiger partial charge in [0, 0.05) is 19.8 Å². The zero-order valence-corrected chi connectivity index (χ0v) is 17.9. The molecule has 0 unspecified atom stereocenters. The van der Waals surface area contributed by atoms with Gasteiger partial charge in [-0.25, -0.2) is 4.98 Å². The van der Waals surface area contributed by atoms with Crippen LogP contribution in [0.5, 0.6) is 0 Å². The van der Waals surface area contributed by atoms with Gasteiger partial charge in [0.05, 0.1) is 5.69 Å². The van der Waals surface area contributed by atoms with Crippen molar-refractivity contribution in [2.75, 3.05) is 0 Å². The summed E-state index contributed by atoms with van der Waals surface area (Å²) in [6, 6.07) is 22.0.